The molecule has 2 aromatic carbocycles. The van der Waals surface area contributed by atoms with Gasteiger partial charge in [0.2, 0.25) is 0 Å². The van der Waals surface area contributed by atoms with Crippen molar-refractivity contribution >= 4 is 49.7 Å². The molecule has 0 radical (unpaired) electrons. The minimum Gasteiger partial charge on any atom is -0.284 e. The van der Waals surface area contributed by atoms with Crippen LogP contribution in [0.2, 0.25) is 0 Å². The van der Waals surface area contributed by atoms with Crippen molar-refractivity contribution < 1.29 is 4.92 Å². The zero-order valence-corrected chi connectivity index (χ0v) is 16.5. The third-order valence-electron chi connectivity index (χ3n) is 5.27. The molecule has 3 aromatic heterocycles. The van der Waals surface area contributed by atoms with E-state index < -0.39 is 4.92 Å². The summed E-state index contributed by atoms with van der Waals surface area (Å²) < 4.78 is 2.00. The molecule has 0 aliphatic carbocycles. The first-order valence-corrected chi connectivity index (χ1v) is 9.86. The molecule has 0 spiro atoms. The molecule has 29 heavy (non-hydrogen) atoms. The molecule has 0 aliphatic rings. The van der Waals surface area contributed by atoms with Crippen LogP contribution in [0.3, 0.4) is 0 Å². The third-order valence-corrected chi connectivity index (χ3v) is 6.46. The number of benzene rings is 2. The van der Waals surface area contributed by atoms with Crippen molar-refractivity contribution in [1.29, 1.82) is 0 Å². The maximum absolute atomic E-state index is 12.8. The topological polar surface area (TPSA) is 77.5 Å². The second-order valence-corrected chi connectivity index (χ2v) is 8.17. The quantitative estimate of drug-likeness (QED) is 0.329. The van der Waals surface area contributed by atoms with Crippen LogP contribution < -0.4 is 10.9 Å². The predicted octanol–water partition coefficient (Wildman–Crippen LogP) is 4.14. The van der Waals surface area contributed by atoms with Crippen LogP contribution >= 0.6 is 11.3 Å². The molecule has 0 saturated carbocycles. The normalized spacial score (nSPS) is 12.4. The van der Waals surface area contributed by atoms with E-state index in [1.54, 1.807) is 23.5 Å². The minimum absolute atomic E-state index is 0.0387. The second kappa shape index (κ2) is 6.22. The van der Waals surface area contributed by atoms with Crippen LogP contribution in [-0.2, 0) is 0 Å². The Morgan fingerprint density at radius 2 is 1.86 bits per heavy atom. The number of nitro groups is 1. The Bertz CT molecular complexity index is 1580. The van der Waals surface area contributed by atoms with E-state index in [0.717, 1.165) is 31.4 Å². The molecule has 0 amide bonds. The Morgan fingerprint density at radius 3 is 2.62 bits per heavy atom. The lowest BCUT2D eigenvalue weighted by Crippen LogP contribution is -2.15. The van der Waals surface area contributed by atoms with Crippen molar-refractivity contribution in [2.45, 2.75) is 13.8 Å². The molecule has 0 saturated heterocycles. The molecular formula is C22H15N3O3S. The van der Waals surface area contributed by atoms with E-state index >= 15 is 0 Å². The summed E-state index contributed by atoms with van der Waals surface area (Å²) in [6.07, 6.45) is 1.91. The fourth-order valence-corrected chi connectivity index (χ4v) is 4.93. The van der Waals surface area contributed by atoms with Crippen LogP contribution in [-0.4, -0.2) is 14.3 Å². The smallest absolute Gasteiger partial charge is 0.282 e. The number of hydrogen-bond acceptors (Lipinski definition) is 5. The molecular weight excluding hydrogens is 386 g/mol. The fraction of sp³-hybridized carbons (Fsp3) is 0.0909. The van der Waals surface area contributed by atoms with E-state index in [1.165, 1.54) is 6.07 Å². The van der Waals surface area contributed by atoms with Crippen LogP contribution in [0.5, 0.6) is 0 Å². The van der Waals surface area contributed by atoms with Crippen molar-refractivity contribution in [2.24, 2.45) is 0 Å². The number of aryl methyl sites for hydroxylation is 2. The summed E-state index contributed by atoms with van der Waals surface area (Å²) in [5, 5.41) is 14.5. The minimum atomic E-state index is -0.402. The van der Waals surface area contributed by atoms with Crippen molar-refractivity contribution in [1.82, 2.24) is 9.38 Å². The van der Waals surface area contributed by atoms with Gasteiger partial charge in [-0.1, -0.05) is 36.4 Å². The number of rotatable bonds is 2. The summed E-state index contributed by atoms with van der Waals surface area (Å²) in [7, 11) is 0. The fourth-order valence-electron chi connectivity index (χ4n) is 3.77. The molecule has 0 aliphatic heterocycles. The van der Waals surface area contributed by atoms with Gasteiger partial charge in [-0.3, -0.25) is 19.3 Å². The number of aromatic nitrogens is 2. The van der Waals surface area contributed by atoms with E-state index in [9.17, 15) is 14.9 Å². The Labute approximate surface area is 168 Å². The Balaban J connectivity index is 2.01. The molecule has 3 heterocycles. The van der Waals surface area contributed by atoms with Crippen molar-refractivity contribution in [3.63, 3.8) is 0 Å². The summed E-state index contributed by atoms with van der Waals surface area (Å²) in [6.45, 7) is 3.94. The first-order chi connectivity index (χ1) is 14.0. The molecule has 0 N–H and O–H groups in total. The molecule has 0 atom stereocenters. The van der Waals surface area contributed by atoms with Crippen molar-refractivity contribution in [2.75, 3.05) is 0 Å². The first kappa shape index (κ1) is 17.5. The molecule has 142 valence electrons. The van der Waals surface area contributed by atoms with Crippen molar-refractivity contribution in [3.8, 4) is 0 Å². The standard InChI is InChI=1S/C22H15N3O3S/c1-12-13(2)29-22-19(12)21(26)23-20-17-9-4-3-8-16(17)18(24(20)22)11-14-6-5-7-15(10-14)25(27)28/h3-11H,1-2H3. The number of nitrogens with zero attached hydrogens (tertiary/aromatic N) is 3. The average Bonchev–Trinajstić information content (AvgIpc) is 3.18. The Hall–Kier alpha value is -3.58. The SMILES string of the molecule is Cc1sc2c(c1C)c(=O)nc1c3ccccc3c(=Cc3cccc([N+](=O)[O-])c3)n12. The van der Waals surface area contributed by atoms with Crippen LogP contribution in [0.25, 0.3) is 32.7 Å². The van der Waals surface area contributed by atoms with Gasteiger partial charge in [-0.2, -0.15) is 4.98 Å². The highest BCUT2D eigenvalue weighted by Crippen LogP contribution is 2.29. The Kier molecular flexibility index (Phi) is 3.75. The van der Waals surface area contributed by atoms with Crippen LogP contribution in [0.1, 0.15) is 16.0 Å². The Morgan fingerprint density at radius 1 is 1.10 bits per heavy atom. The lowest BCUT2D eigenvalue weighted by Gasteiger charge is -1.99. The summed E-state index contributed by atoms with van der Waals surface area (Å²) in [5.74, 6) is 0. The number of fused-ring (bicyclic) bond motifs is 5. The van der Waals surface area contributed by atoms with E-state index in [1.807, 2.05) is 54.7 Å². The highest BCUT2D eigenvalue weighted by molar-refractivity contribution is 7.18. The maximum atomic E-state index is 12.8. The molecule has 6 nitrogen and oxygen atoms in total. The molecule has 0 bridgehead atoms. The van der Waals surface area contributed by atoms with Gasteiger partial charge in [0.15, 0.2) is 5.65 Å². The lowest BCUT2D eigenvalue weighted by molar-refractivity contribution is -0.384. The van der Waals surface area contributed by atoms with Gasteiger partial charge in [-0.15, -0.1) is 11.3 Å². The first-order valence-electron chi connectivity index (χ1n) is 9.05. The summed E-state index contributed by atoms with van der Waals surface area (Å²) >= 11 is 1.57. The lowest BCUT2D eigenvalue weighted by atomic mass is 10.1. The molecule has 0 unspecified atom stereocenters. The summed E-state index contributed by atoms with van der Waals surface area (Å²) in [4.78, 5) is 29.9. The largest absolute Gasteiger partial charge is 0.284 e. The summed E-state index contributed by atoms with van der Waals surface area (Å²) in [5.41, 5.74) is 2.09. The van der Waals surface area contributed by atoms with Gasteiger partial charge in [-0.25, -0.2) is 0 Å². The molecule has 7 heteroatoms. The van der Waals surface area contributed by atoms with Gasteiger partial charge in [0.1, 0.15) is 4.83 Å². The van der Waals surface area contributed by atoms with Gasteiger partial charge in [0, 0.05) is 27.8 Å². The van der Waals surface area contributed by atoms with Crippen LogP contribution in [0.15, 0.2) is 53.3 Å². The van der Waals surface area contributed by atoms with E-state index in [4.69, 9.17) is 0 Å². The van der Waals surface area contributed by atoms with Gasteiger partial charge >= 0.3 is 0 Å². The van der Waals surface area contributed by atoms with Gasteiger partial charge in [0.05, 0.1) is 15.7 Å². The highest BCUT2D eigenvalue weighted by Gasteiger charge is 2.17. The third kappa shape index (κ3) is 2.55. The van der Waals surface area contributed by atoms with E-state index in [0.29, 0.717) is 16.6 Å². The van der Waals surface area contributed by atoms with Gasteiger partial charge in [0.25, 0.3) is 11.2 Å². The van der Waals surface area contributed by atoms with E-state index in [-0.39, 0.29) is 11.2 Å². The monoisotopic (exact) mass is 401 g/mol. The van der Waals surface area contributed by atoms with Crippen LogP contribution in [0.4, 0.5) is 5.69 Å². The second-order valence-electron chi connectivity index (χ2n) is 6.97. The predicted molar refractivity (Wildman–Crippen MR) is 116 cm³/mol. The number of non-ortho nitro benzene ring substituents is 1. The zero-order chi connectivity index (χ0) is 20.3. The maximum Gasteiger partial charge on any atom is 0.282 e. The van der Waals surface area contributed by atoms with Gasteiger partial charge in [-0.05, 0) is 31.1 Å². The average molecular weight is 401 g/mol. The number of thiophene rings is 1. The van der Waals surface area contributed by atoms with Gasteiger partial charge < -0.3 is 0 Å². The highest BCUT2D eigenvalue weighted by atomic mass is 32.1. The number of nitro benzene ring substituents is 1. The summed E-state index contributed by atoms with van der Waals surface area (Å²) in [6, 6.07) is 14.3. The van der Waals surface area contributed by atoms with Crippen LogP contribution in [0, 0.1) is 24.0 Å². The molecule has 5 rings (SSSR count). The number of hydrogen-bond donors (Lipinski definition) is 0. The molecule has 0 fully saturated rings. The van der Waals surface area contributed by atoms with E-state index in [2.05, 4.69) is 4.98 Å². The molecule has 5 aromatic rings. The zero-order valence-electron chi connectivity index (χ0n) is 15.7. The van der Waals surface area contributed by atoms with Crippen molar-refractivity contribution in [3.05, 3.63) is 90.4 Å².